The molecule has 0 aliphatic carbocycles. The summed E-state index contributed by atoms with van der Waals surface area (Å²) in [6, 6.07) is 3.99. The van der Waals surface area contributed by atoms with Gasteiger partial charge in [-0.3, -0.25) is 9.59 Å². The zero-order valence-corrected chi connectivity index (χ0v) is 17.6. The van der Waals surface area contributed by atoms with Crippen LogP contribution >= 0.6 is 0 Å². The van der Waals surface area contributed by atoms with Gasteiger partial charge >= 0.3 is 6.18 Å². The molecule has 2 heterocycles. The predicted octanol–water partition coefficient (Wildman–Crippen LogP) is 1.88. The van der Waals surface area contributed by atoms with Gasteiger partial charge in [-0.1, -0.05) is 12.1 Å². The molecule has 2 saturated heterocycles. The highest BCUT2D eigenvalue weighted by Crippen LogP contribution is 2.38. The van der Waals surface area contributed by atoms with Crippen molar-refractivity contribution in [2.45, 2.75) is 41.6 Å². The number of nitriles is 1. The molecule has 0 bridgehead atoms. The summed E-state index contributed by atoms with van der Waals surface area (Å²) in [5.41, 5.74) is -1.29. The van der Waals surface area contributed by atoms with Crippen LogP contribution < -0.4 is 0 Å². The fourth-order valence-electron chi connectivity index (χ4n) is 4.21. The van der Waals surface area contributed by atoms with Crippen molar-refractivity contribution in [2.75, 3.05) is 26.7 Å². The molecule has 2 atom stereocenters. The van der Waals surface area contributed by atoms with Gasteiger partial charge in [0.05, 0.1) is 15.7 Å². The lowest BCUT2D eigenvalue weighted by Gasteiger charge is -2.32. The summed E-state index contributed by atoms with van der Waals surface area (Å²) in [7, 11) is -2.61. The van der Waals surface area contributed by atoms with E-state index in [1.807, 2.05) is 11.9 Å². The maximum Gasteiger partial charge on any atom is 0.417 e. The smallest absolute Gasteiger partial charge is 0.330 e. The van der Waals surface area contributed by atoms with Gasteiger partial charge in [-0.05, 0) is 51.5 Å². The number of nitrogens with zero attached hydrogens (tertiary/aromatic N) is 3. The Morgan fingerprint density at radius 2 is 1.77 bits per heavy atom. The Bertz CT molecular complexity index is 1010. The molecule has 1 aromatic carbocycles. The minimum Gasteiger partial charge on any atom is -0.330 e. The zero-order valence-electron chi connectivity index (χ0n) is 16.8. The van der Waals surface area contributed by atoms with Gasteiger partial charge in [-0.15, -0.1) is 0 Å². The van der Waals surface area contributed by atoms with E-state index in [-0.39, 0.29) is 0 Å². The summed E-state index contributed by atoms with van der Waals surface area (Å²) in [6.07, 6.45) is -4.24. The van der Waals surface area contributed by atoms with Crippen molar-refractivity contribution in [3.63, 3.8) is 0 Å². The zero-order chi connectivity index (χ0) is 23.0. The van der Waals surface area contributed by atoms with E-state index in [1.165, 1.54) is 12.1 Å². The molecule has 0 aromatic heterocycles. The lowest BCUT2D eigenvalue weighted by Crippen LogP contribution is -2.46. The summed E-state index contributed by atoms with van der Waals surface area (Å²) in [5.74, 6) is -1.82. The molecule has 0 spiro atoms. The van der Waals surface area contributed by atoms with E-state index < -0.39 is 68.3 Å². The van der Waals surface area contributed by atoms with Gasteiger partial charge in [-0.25, -0.2) is 8.42 Å². The summed E-state index contributed by atoms with van der Waals surface area (Å²) in [4.78, 5) is 27.4. The van der Waals surface area contributed by atoms with Crippen molar-refractivity contribution in [1.82, 2.24) is 9.80 Å². The Kier molecular flexibility index (Phi) is 6.43. The first-order valence-electron chi connectivity index (χ1n) is 9.80. The van der Waals surface area contributed by atoms with Gasteiger partial charge in [0.2, 0.25) is 5.91 Å². The molecule has 2 aliphatic heterocycles. The first-order chi connectivity index (χ1) is 14.5. The Balaban J connectivity index is 1.93. The number of Topliss-reactive ketones (excluding diaryl/α,β-unsaturated/α-hetero) is 1. The van der Waals surface area contributed by atoms with Crippen LogP contribution in [0.2, 0.25) is 0 Å². The van der Waals surface area contributed by atoms with Crippen LogP contribution in [0.3, 0.4) is 0 Å². The van der Waals surface area contributed by atoms with Crippen molar-refractivity contribution in [3.8, 4) is 6.07 Å². The molecule has 0 unspecified atom stereocenters. The van der Waals surface area contributed by atoms with Gasteiger partial charge in [0.15, 0.2) is 9.84 Å². The van der Waals surface area contributed by atoms with E-state index in [9.17, 15) is 31.2 Å². The van der Waals surface area contributed by atoms with Crippen molar-refractivity contribution in [2.24, 2.45) is 5.92 Å². The van der Waals surface area contributed by atoms with E-state index >= 15 is 0 Å². The van der Waals surface area contributed by atoms with Crippen molar-refractivity contribution in [1.29, 1.82) is 5.26 Å². The number of likely N-dealkylation sites (tertiary alicyclic amines) is 2. The third-order valence-corrected chi connectivity index (χ3v) is 8.15. The van der Waals surface area contributed by atoms with E-state index in [2.05, 4.69) is 0 Å². The number of amides is 1. The van der Waals surface area contributed by atoms with Gasteiger partial charge < -0.3 is 9.80 Å². The molecular formula is C20H22F3N3O4S. The van der Waals surface area contributed by atoms with Gasteiger partial charge in [0.1, 0.15) is 12.1 Å². The molecule has 1 amide bonds. The van der Waals surface area contributed by atoms with Crippen LogP contribution in [0.5, 0.6) is 0 Å². The Labute approximate surface area is 178 Å². The predicted molar refractivity (Wildman–Crippen MR) is 103 cm³/mol. The largest absolute Gasteiger partial charge is 0.417 e. The maximum absolute atomic E-state index is 13.4. The lowest BCUT2D eigenvalue weighted by molar-refractivity contribution is -0.141. The fourth-order valence-corrected chi connectivity index (χ4v) is 6.12. The Morgan fingerprint density at radius 3 is 2.35 bits per heavy atom. The normalized spacial score (nSPS) is 23.5. The number of sulfone groups is 1. The highest BCUT2D eigenvalue weighted by molar-refractivity contribution is 7.92. The summed E-state index contributed by atoms with van der Waals surface area (Å²) < 4.78 is 66.3. The average molecular weight is 457 g/mol. The molecule has 168 valence electrons. The van der Waals surface area contributed by atoms with E-state index in [1.54, 1.807) is 0 Å². The summed E-state index contributed by atoms with van der Waals surface area (Å²) >= 11 is 0. The number of halogens is 3. The van der Waals surface area contributed by atoms with Crippen molar-refractivity contribution in [3.05, 3.63) is 29.8 Å². The topological polar surface area (TPSA) is 98.6 Å². The molecule has 3 rings (SSSR count). The molecule has 2 aliphatic rings. The quantitative estimate of drug-likeness (QED) is 0.641. The maximum atomic E-state index is 13.4. The SMILES string of the molecule is CN1CCC(C(=O)N2C[C@H](S(=O)(=O)c3ccccc3C(F)(F)F)C[C@H]2C(=O)C#N)CC1. The second-order valence-electron chi connectivity index (χ2n) is 7.96. The highest BCUT2D eigenvalue weighted by atomic mass is 32.2. The average Bonchev–Trinajstić information content (AvgIpc) is 3.19. The number of hydrogen-bond donors (Lipinski definition) is 0. The van der Waals surface area contributed by atoms with Crippen molar-refractivity contribution >= 4 is 21.5 Å². The fraction of sp³-hybridized carbons (Fsp3) is 0.550. The third kappa shape index (κ3) is 4.60. The van der Waals surface area contributed by atoms with Gasteiger partial charge in [-0.2, -0.15) is 18.4 Å². The summed E-state index contributed by atoms with van der Waals surface area (Å²) in [5, 5.41) is 7.65. The second-order valence-corrected chi connectivity index (χ2v) is 10.2. The van der Waals surface area contributed by atoms with Crippen LogP contribution in [0.15, 0.2) is 29.2 Å². The molecule has 2 fully saturated rings. The number of alkyl halides is 3. The van der Waals surface area contributed by atoms with E-state index in [0.717, 1.165) is 17.0 Å². The van der Waals surface area contributed by atoms with E-state index in [4.69, 9.17) is 5.26 Å². The van der Waals surface area contributed by atoms with Crippen LogP contribution in [-0.4, -0.2) is 67.9 Å². The molecule has 0 N–H and O–H groups in total. The highest BCUT2D eigenvalue weighted by Gasteiger charge is 2.48. The number of benzene rings is 1. The molecule has 31 heavy (non-hydrogen) atoms. The molecule has 0 radical (unpaired) electrons. The first-order valence-corrected chi connectivity index (χ1v) is 11.3. The summed E-state index contributed by atoms with van der Waals surface area (Å²) in [6.45, 7) is 0.890. The minimum atomic E-state index is -4.88. The molecule has 1 aromatic rings. The molecular weight excluding hydrogens is 435 g/mol. The number of hydrogen-bond acceptors (Lipinski definition) is 6. The lowest BCUT2D eigenvalue weighted by atomic mass is 9.95. The Hall–Kier alpha value is -2.45. The van der Waals surface area contributed by atoms with Crippen LogP contribution in [0.4, 0.5) is 13.2 Å². The van der Waals surface area contributed by atoms with Gasteiger partial charge in [0, 0.05) is 12.5 Å². The number of carbonyl (C=O) groups is 2. The monoisotopic (exact) mass is 457 g/mol. The van der Waals surface area contributed by atoms with Gasteiger partial charge in [0.25, 0.3) is 5.78 Å². The Morgan fingerprint density at radius 1 is 1.16 bits per heavy atom. The first kappa shape index (κ1) is 23.2. The third-order valence-electron chi connectivity index (χ3n) is 5.96. The standard InChI is InChI=1S/C20H22F3N3O4S/c1-25-8-6-13(7-9-25)19(28)26-12-14(10-16(26)17(27)11-24)31(29,30)18-5-3-2-4-15(18)20(21,22)23/h2-5,13-14,16H,6-10,12H2,1H3/t14-,16+/m1/s1. The molecule has 7 nitrogen and oxygen atoms in total. The van der Waals surface area contributed by atoms with Crippen LogP contribution in [0.1, 0.15) is 24.8 Å². The number of rotatable bonds is 4. The van der Waals surface area contributed by atoms with Crippen LogP contribution in [0, 0.1) is 17.2 Å². The van der Waals surface area contributed by atoms with Crippen molar-refractivity contribution < 1.29 is 31.2 Å². The molecule has 0 saturated carbocycles. The van der Waals surface area contributed by atoms with Crippen LogP contribution in [0.25, 0.3) is 0 Å². The number of ketones is 1. The minimum absolute atomic E-state index is 0.403. The molecule has 11 heteroatoms. The number of carbonyl (C=O) groups excluding carboxylic acids is 2. The number of piperidine rings is 1. The second kappa shape index (κ2) is 8.59. The van der Waals surface area contributed by atoms with Crippen LogP contribution in [-0.2, 0) is 25.6 Å². The van der Waals surface area contributed by atoms with E-state index in [0.29, 0.717) is 32.0 Å².